The number of aryl methyl sites for hydroxylation is 1. The predicted octanol–water partition coefficient (Wildman–Crippen LogP) is 1.13. The number of primary amides is 1. The number of aromatic nitrogens is 3. The quantitative estimate of drug-likeness (QED) is 0.879. The summed E-state index contributed by atoms with van der Waals surface area (Å²) in [5.41, 5.74) is 14.0. The van der Waals surface area contributed by atoms with Gasteiger partial charge in [0, 0.05) is 36.6 Å². The maximum atomic E-state index is 11.5. The number of nitrogen functional groups attached to an aromatic ring is 1. The van der Waals surface area contributed by atoms with Crippen molar-refractivity contribution < 1.29 is 4.79 Å². The van der Waals surface area contributed by atoms with Crippen LogP contribution in [0.5, 0.6) is 0 Å². The van der Waals surface area contributed by atoms with E-state index >= 15 is 0 Å². The second-order valence-corrected chi connectivity index (χ2v) is 5.80. The topological polar surface area (TPSA) is 111 Å². The lowest BCUT2D eigenvalue weighted by atomic mass is 9.96. The molecule has 1 aliphatic heterocycles. The molecule has 4 N–H and O–H groups in total. The third-order valence-corrected chi connectivity index (χ3v) is 4.16. The Hall–Kier alpha value is -2.70. The fourth-order valence-corrected chi connectivity index (χ4v) is 3.06. The van der Waals surface area contributed by atoms with Gasteiger partial charge in [-0.2, -0.15) is 4.98 Å². The van der Waals surface area contributed by atoms with Gasteiger partial charge in [-0.05, 0) is 25.8 Å². The molecule has 0 spiro atoms. The van der Waals surface area contributed by atoms with Gasteiger partial charge in [-0.25, -0.2) is 4.98 Å². The van der Waals surface area contributed by atoms with Gasteiger partial charge in [0.15, 0.2) is 0 Å². The Morgan fingerprint density at radius 3 is 2.91 bits per heavy atom. The monoisotopic (exact) mass is 312 g/mol. The maximum Gasteiger partial charge on any atom is 0.222 e. The molecule has 0 saturated carbocycles. The van der Waals surface area contributed by atoms with Crippen molar-refractivity contribution in [1.82, 2.24) is 15.0 Å². The summed E-state index contributed by atoms with van der Waals surface area (Å²) in [4.78, 5) is 26.5. The van der Waals surface area contributed by atoms with E-state index in [1.165, 1.54) is 0 Å². The molecule has 3 heterocycles. The molecule has 1 saturated heterocycles. The molecular formula is C16H20N6O. The Labute approximate surface area is 134 Å². The molecule has 0 aromatic carbocycles. The minimum absolute atomic E-state index is 0.165. The van der Waals surface area contributed by atoms with E-state index in [-0.39, 0.29) is 17.8 Å². The van der Waals surface area contributed by atoms with Gasteiger partial charge in [0.05, 0.1) is 11.6 Å². The molecule has 1 unspecified atom stereocenters. The summed E-state index contributed by atoms with van der Waals surface area (Å²) < 4.78 is 0. The first-order valence-electron chi connectivity index (χ1n) is 7.65. The number of amides is 1. The highest BCUT2D eigenvalue weighted by molar-refractivity contribution is 5.80. The largest absolute Gasteiger partial charge is 0.369 e. The molecule has 1 atom stereocenters. The third-order valence-electron chi connectivity index (χ3n) is 4.16. The molecule has 120 valence electrons. The standard InChI is InChI=1S/C16H20N6O/c1-10-13(11-4-2-6-19-8-11)15(21-16(18)20-10)22-7-3-5-12(9-22)14(17)23/h2,4,6,8,12H,3,5,7,9H2,1H3,(H2,17,23)(H2,18,20,21). The second kappa shape index (κ2) is 6.20. The zero-order valence-corrected chi connectivity index (χ0v) is 13.1. The van der Waals surface area contributed by atoms with Gasteiger partial charge in [0.2, 0.25) is 11.9 Å². The fraction of sp³-hybridized carbons (Fsp3) is 0.375. The van der Waals surface area contributed by atoms with Crippen LogP contribution >= 0.6 is 0 Å². The Balaban J connectivity index is 2.06. The summed E-state index contributed by atoms with van der Waals surface area (Å²) in [5.74, 6) is 0.540. The van der Waals surface area contributed by atoms with Gasteiger partial charge in [0.25, 0.3) is 0 Å². The van der Waals surface area contributed by atoms with Crippen LogP contribution in [-0.4, -0.2) is 33.9 Å². The number of piperidine rings is 1. The minimum Gasteiger partial charge on any atom is -0.369 e. The second-order valence-electron chi connectivity index (χ2n) is 5.80. The van der Waals surface area contributed by atoms with Crippen LogP contribution in [-0.2, 0) is 4.79 Å². The van der Waals surface area contributed by atoms with Crippen LogP contribution in [0.2, 0.25) is 0 Å². The highest BCUT2D eigenvalue weighted by atomic mass is 16.1. The molecule has 1 aliphatic rings. The number of nitrogens with two attached hydrogens (primary N) is 2. The van der Waals surface area contributed by atoms with Gasteiger partial charge in [0.1, 0.15) is 5.82 Å². The van der Waals surface area contributed by atoms with Crippen molar-refractivity contribution in [3.63, 3.8) is 0 Å². The normalized spacial score (nSPS) is 18.0. The number of hydrogen-bond acceptors (Lipinski definition) is 6. The molecule has 0 aliphatic carbocycles. The van der Waals surface area contributed by atoms with E-state index in [4.69, 9.17) is 11.5 Å². The average Bonchev–Trinajstić information content (AvgIpc) is 2.55. The Kier molecular flexibility index (Phi) is 4.10. The highest BCUT2D eigenvalue weighted by Crippen LogP contribution is 2.33. The van der Waals surface area contributed by atoms with Crippen LogP contribution < -0.4 is 16.4 Å². The first-order valence-corrected chi connectivity index (χ1v) is 7.65. The zero-order chi connectivity index (χ0) is 16.4. The van der Waals surface area contributed by atoms with Gasteiger partial charge < -0.3 is 16.4 Å². The summed E-state index contributed by atoms with van der Waals surface area (Å²) >= 11 is 0. The van der Waals surface area contributed by atoms with Crippen molar-refractivity contribution >= 4 is 17.7 Å². The lowest BCUT2D eigenvalue weighted by Crippen LogP contribution is -2.42. The van der Waals surface area contributed by atoms with Crippen LogP contribution in [0.1, 0.15) is 18.5 Å². The Morgan fingerprint density at radius 1 is 1.39 bits per heavy atom. The number of rotatable bonds is 3. The van der Waals surface area contributed by atoms with Gasteiger partial charge in [-0.3, -0.25) is 9.78 Å². The van der Waals surface area contributed by atoms with Crippen LogP contribution in [0.4, 0.5) is 11.8 Å². The van der Waals surface area contributed by atoms with E-state index < -0.39 is 0 Å². The van der Waals surface area contributed by atoms with E-state index in [0.29, 0.717) is 6.54 Å². The van der Waals surface area contributed by atoms with Crippen molar-refractivity contribution in [3.05, 3.63) is 30.2 Å². The number of anilines is 2. The molecule has 0 radical (unpaired) electrons. The molecule has 2 aromatic heterocycles. The molecule has 2 aromatic rings. The van der Waals surface area contributed by atoms with Crippen molar-refractivity contribution in [1.29, 1.82) is 0 Å². The SMILES string of the molecule is Cc1nc(N)nc(N2CCCC(C(N)=O)C2)c1-c1cccnc1. The summed E-state index contributed by atoms with van der Waals surface area (Å²) in [5, 5.41) is 0. The van der Waals surface area contributed by atoms with Crippen LogP contribution in [0, 0.1) is 12.8 Å². The number of carbonyl (C=O) groups excluding carboxylic acids is 1. The smallest absolute Gasteiger partial charge is 0.222 e. The molecule has 0 bridgehead atoms. The molecule has 7 nitrogen and oxygen atoms in total. The lowest BCUT2D eigenvalue weighted by molar-refractivity contribution is -0.122. The molecule has 1 fully saturated rings. The Morgan fingerprint density at radius 2 is 2.22 bits per heavy atom. The number of nitrogens with zero attached hydrogens (tertiary/aromatic N) is 4. The first-order chi connectivity index (χ1) is 11.1. The van der Waals surface area contributed by atoms with Gasteiger partial charge in [-0.1, -0.05) is 6.07 Å². The van der Waals surface area contributed by atoms with Crippen molar-refractivity contribution in [2.45, 2.75) is 19.8 Å². The third kappa shape index (κ3) is 3.08. The molecule has 23 heavy (non-hydrogen) atoms. The molecular weight excluding hydrogens is 292 g/mol. The van der Waals surface area contributed by atoms with E-state index in [1.807, 2.05) is 19.1 Å². The number of hydrogen-bond donors (Lipinski definition) is 2. The predicted molar refractivity (Wildman–Crippen MR) is 88.5 cm³/mol. The van der Waals surface area contributed by atoms with E-state index in [1.54, 1.807) is 12.4 Å². The van der Waals surface area contributed by atoms with E-state index in [0.717, 1.165) is 42.0 Å². The molecule has 3 rings (SSSR count). The average molecular weight is 312 g/mol. The molecule has 1 amide bonds. The summed E-state index contributed by atoms with van der Waals surface area (Å²) in [7, 11) is 0. The van der Waals surface area contributed by atoms with E-state index in [2.05, 4.69) is 19.9 Å². The summed E-state index contributed by atoms with van der Waals surface area (Å²) in [6.07, 6.45) is 5.21. The van der Waals surface area contributed by atoms with Crippen LogP contribution in [0.15, 0.2) is 24.5 Å². The lowest BCUT2D eigenvalue weighted by Gasteiger charge is -2.33. The van der Waals surface area contributed by atoms with Gasteiger partial charge >= 0.3 is 0 Å². The fourth-order valence-electron chi connectivity index (χ4n) is 3.06. The maximum absolute atomic E-state index is 11.5. The van der Waals surface area contributed by atoms with E-state index in [9.17, 15) is 4.79 Å². The van der Waals surface area contributed by atoms with Gasteiger partial charge in [-0.15, -0.1) is 0 Å². The first kappa shape index (κ1) is 15.2. The number of pyridine rings is 1. The number of carbonyl (C=O) groups is 1. The van der Waals surface area contributed by atoms with Crippen molar-refractivity contribution in [3.8, 4) is 11.1 Å². The zero-order valence-electron chi connectivity index (χ0n) is 13.1. The summed E-state index contributed by atoms with van der Waals surface area (Å²) in [6.45, 7) is 3.27. The minimum atomic E-state index is -0.267. The van der Waals surface area contributed by atoms with Crippen molar-refractivity contribution in [2.75, 3.05) is 23.7 Å². The summed E-state index contributed by atoms with van der Waals surface area (Å²) in [6, 6.07) is 3.84. The molecule has 7 heteroatoms. The highest BCUT2D eigenvalue weighted by Gasteiger charge is 2.27. The van der Waals surface area contributed by atoms with Crippen LogP contribution in [0.3, 0.4) is 0 Å². The Bertz CT molecular complexity index is 718. The van der Waals surface area contributed by atoms with Crippen LogP contribution in [0.25, 0.3) is 11.1 Å². The van der Waals surface area contributed by atoms with Crippen molar-refractivity contribution in [2.24, 2.45) is 11.7 Å².